The number of nitrogens with zero attached hydrogens (tertiary/aromatic N) is 1. The van der Waals surface area contributed by atoms with Gasteiger partial charge in [0.15, 0.2) is 0 Å². The van der Waals surface area contributed by atoms with E-state index in [0.717, 1.165) is 12.8 Å². The van der Waals surface area contributed by atoms with Crippen molar-refractivity contribution in [2.24, 2.45) is 11.8 Å². The number of hydrogen-bond acceptors (Lipinski definition) is 2. The largest absolute Gasteiger partial charge is 0.480 e. The first kappa shape index (κ1) is 14.4. The molecule has 0 bridgehead atoms. The van der Waals surface area contributed by atoms with Gasteiger partial charge in [0.2, 0.25) is 5.91 Å². The van der Waals surface area contributed by atoms with E-state index in [-0.39, 0.29) is 11.8 Å². The summed E-state index contributed by atoms with van der Waals surface area (Å²) in [7, 11) is 0. The van der Waals surface area contributed by atoms with Crippen LogP contribution in [0.2, 0.25) is 0 Å². The van der Waals surface area contributed by atoms with Gasteiger partial charge < -0.3 is 10.0 Å². The summed E-state index contributed by atoms with van der Waals surface area (Å²) in [6.07, 6.45) is 8.67. The number of hydrogen-bond donors (Lipinski definition) is 1. The van der Waals surface area contributed by atoms with Gasteiger partial charge in [-0.3, -0.25) is 4.79 Å². The van der Waals surface area contributed by atoms with Gasteiger partial charge in [-0.05, 0) is 24.7 Å². The SMILES string of the molecule is CC1CCN(C(=O)CCC2CCCCC2)C1C(=O)O. The maximum Gasteiger partial charge on any atom is 0.326 e. The van der Waals surface area contributed by atoms with Gasteiger partial charge in [-0.1, -0.05) is 39.0 Å². The lowest BCUT2D eigenvalue weighted by atomic mass is 9.86. The van der Waals surface area contributed by atoms with Crippen molar-refractivity contribution in [2.45, 2.75) is 64.3 Å². The second-order valence-corrected chi connectivity index (χ2v) is 6.18. The molecule has 2 aliphatic rings. The summed E-state index contributed by atoms with van der Waals surface area (Å²) < 4.78 is 0. The Labute approximate surface area is 115 Å². The minimum atomic E-state index is -0.851. The molecule has 2 unspecified atom stereocenters. The van der Waals surface area contributed by atoms with Crippen LogP contribution in [0.3, 0.4) is 0 Å². The number of amides is 1. The topological polar surface area (TPSA) is 57.6 Å². The second-order valence-electron chi connectivity index (χ2n) is 6.18. The van der Waals surface area contributed by atoms with E-state index in [0.29, 0.717) is 18.9 Å². The van der Waals surface area contributed by atoms with Gasteiger partial charge in [0.1, 0.15) is 6.04 Å². The van der Waals surface area contributed by atoms with Gasteiger partial charge in [-0.15, -0.1) is 0 Å². The molecule has 1 amide bonds. The highest BCUT2D eigenvalue weighted by atomic mass is 16.4. The molecule has 1 aliphatic heterocycles. The molecule has 2 rings (SSSR count). The van der Waals surface area contributed by atoms with Crippen molar-refractivity contribution in [1.82, 2.24) is 4.90 Å². The Morgan fingerprint density at radius 2 is 1.84 bits per heavy atom. The Balaban J connectivity index is 1.83. The molecule has 1 saturated heterocycles. The van der Waals surface area contributed by atoms with Crippen molar-refractivity contribution in [3.63, 3.8) is 0 Å². The van der Waals surface area contributed by atoms with Crippen molar-refractivity contribution in [1.29, 1.82) is 0 Å². The van der Waals surface area contributed by atoms with E-state index in [1.165, 1.54) is 32.1 Å². The number of carboxylic acids is 1. The van der Waals surface area contributed by atoms with E-state index in [4.69, 9.17) is 0 Å². The standard InChI is InChI=1S/C15H25NO3/c1-11-9-10-16(14(11)15(18)19)13(17)8-7-12-5-3-2-4-6-12/h11-12,14H,2-10H2,1H3,(H,18,19). The first-order valence-electron chi connectivity index (χ1n) is 7.62. The third-order valence-corrected chi connectivity index (χ3v) is 4.76. The maximum absolute atomic E-state index is 12.2. The maximum atomic E-state index is 12.2. The first-order chi connectivity index (χ1) is 9.09. The van der Waals surface area contributed by atoms with E-state index >= 15 is 0 Å². The minimum Gasteiger partial charge on any atom is -0.480 e. The molecule has 1 saturated carbocycles. The zero-order valence-corrected chi connectivity index (χ0v) is 11.8. The summed E-state index contributed by atoms with van der Waals surface area (Å²) in [5.74, 6) is -0.0459. The molecule has 1 heterocycles. The van der Waals surface area contributed by atoms with Crippen LogP contribution in [0.25, 0.3) is 0 Å². The van der Waals surface area contributed by atoms with Crippen LogP contribution in [0.4, 0.5) is 0 Å². The van der Waals surface area contributed by atoms with Gasteiger partial charge >= 0.3 is 5.97 Å². The van der Waals surface area contributed by atoms with E-state index in [1.54, 1.807) is 4.90 Å². The Hall–Kier alpha value is -1.06. The van der Waals surface area contributed by atoms with Crippen LogP contribution in [0.15, 0.2) is 0 Å². The van der Waals surface area contributed by atoms with Crippen LogP contribution < -0.4 is 0 Å². The zero-order valence-electron chi connectivity index (χ0n) is 11.8. The fourth-order valence-corrected chi connectivity index (χ4v) is 3.55. The highest BCUT2D eigenvalue weighted by Crippen LogP contribution is 2.29. The highest BCUT2D eigenvalue weighted by molar-refractivity contribution is 5.84. The summed E-state index contributed by atoms with van der Waals surface area (Å²) in [5.41, 5.74) is 0. The molecule has 108 valence electrons. The van der Waals surface area contributed by atoms with Crippen molar-refractivity contribution in [3.8, 4) is 0 Å². The molecular formula is C15H25NO3. The summed E-state index contributed by atoms with van der Waals surface area (Å²) in [6, 6.07) is -0.598. The molecule has 0 spiro atoms. The van der Waals surface area contributed by atoms with Crippen molar-refractivity contribution >= 4 is 11.9 Å². The molecule has 1 aliphatic carbocycles. The van der Waals surface area contributed by atoms with E-state index in [1.807, 2.05) is 6.92 Å². The smallest absolute Gasteiger partial charge is 0.326 e. The minimum absolute atomic E-state index is 0.0438. The van der Waals surface area contributed by atoms with Gasteiger partial charge in [0.05, 0.1) is 0 Å². The van der Waals surface area contributed by atoms with Crippen LogP contribution in [0.5, 0.6) is 0 Å². The van der Waals surface area contributed by atoms with Crippen LogP contribution in [0, 0.1) is 11.8 Å². The van der Waals surface area contributed by atoms with Crippen LogP contribution >= 0.6 is 0 Å². The quantitative estimate of drug-likeness (QED) is 0.852. The lowest BCUT2D eigenvalue weighted by Gasteiger charge is -2.25. The molecule has 0 aromatic carbocycles. The summed E-state index contributed by atoms with van der Waals surface area (Å²) in [5, 5.41) is 9.23. The predicted octanol–water partition coefficient (Wildman–Crippen LogP) is 2.67. The third kappa shape index (κ3) is 3.48. The Morgan fingerprint density at radius 1 is 1.16 bits per heavy atom. The first-order valence-corrected chi connectivity index (χ1v) is 7.62. The molecule has 2 atom stereocenters. The predicted molar refractivity (Wildman–Crippen MR) is 72.7 cm³/mol. The van der Waals surface area contributed by atoms with Crippen molar-refractivity contribution in [3.05, 3.63) is 0 Å². The summed E-state index contributed by atoms with van der Waals surface area (Å²) in [4.78, 5) is 25.0. The summed E-state index contributed by atoms with van der Waals surface area (Å²) in [6.45, 7) is 2.54. The number of likely N-dealkylation sites (tertiary alicyclic amines) is 1. The molecule has 4 nitrogen and oxygen atoms in total. The van der Waals surface area contributed by atoms with Gasteiger partial charge in [0.25, 0.3) is 0 Å². The van der Waals surface area contributed by atoms with Gasteiger partial charge in [0, 0.05) is 13.0 Å². The van der Waals surface area contributed by atoms with E-state index < -0.39 is 12.0 Å². The Bertz CT molecular complexity index is 336. The molecule has 0 aromatic rings. The average Bonchev–Trinajstić information content (AvgIpc) is 2.79. The summed E-state index contributed by atoms with van der Waals surface area (Å²) >= 11 is 0. The normalized spacial score (nSPS) is 28.6. The Kier molecular flexibility index (Phi) is 4.83. The van der Waals surface area contributed by atoms with Gasteiger partial charge in [-0.2, -0.15) is 0 Å². The molecule has 0 aromatic heterocycles. The zero-order chi connectivity index (χ0) is 13.8. The fourth-order valence-electron chi connectivity index (χ4n) is 3.55. The van der Waals surface area contributed by atoms with Crippen LogP contribution in [0.1, 0.15) is 58.3 Å². The molecule has 1 N–H and O–H groups in total. The number of carbonyl (C=O) groups is 2. The van der Waals surface area contributed by atoms with Crippen LogP contribution in [-0.2, 0) is 9.59 Å². The number of aliphatic carboxylic acids is 1. The second kappa shape index (κ2) is 6.40. The van der Waals surface area contributed by atoms with Crippen molar-refractivity contribution < 1.29 is 14.7 Å². The molecule has 4 heteroatoms. The number of carbonyl (C=O) groups excluding carboxylic acids is 1. The molecule has 19 heavy (non-hydrogen) atoms. The number of carboxylic acid groups (broad SMARTS) is 1. The fraction of sp³-hybridized carbons (Fsp3) is 0.867. The monoisotopic (exact) mass is 267 g/mol. The van der Waals surface area contributed by atoms with E-state index in [2.05, 4.69) is 0 Å². The molecule has 2 fully saturated rings. The lowest BCUT2D eigenvalue weighted by molar-refractivity contribution is -0.149. The number of rotatable bonds is 4. The average molecular weight is 267 g/mol. The Morgan fingerprint density at radius 3 is 2.47 bits per heavy atom. The lowest BCUT2D eigenvalue weighted by Crippen LogP contribution is -2.42. The van der Waals surface area contributed by atoms with Crippen molar-refractivity contribution in [2.75, 3.05) is 6.54 Å². The van der Waals surface area contributed by atoms with Gasteiger partial charge in [-0.25, -0.2) is 4.79 Å². The van der Waals surface area contributed by atoms with Crippen LogP contribution in [-0.4, -0.2) is 34.5 Å². The molecular weight excluding hydrogens is 242 g/mol. The highest BCUT2D eigenvalue weighted by Gasteiger charge is 2.39. The van der Waals surface area contributed by atoms with E-state index in [9.17, 15) is 14.7 Å². The third-order valence-electron chi connectivity index (χ3n) is 4.76. The molecule has 0 radical (unpaired) electrons.